The van der Waals surface area contributed by atoms with Gasteiger partial charge in [0, 0.05) is 31.9 Å². The molecule has 2 fully saturated rings. The summed E-state index contributed by atoms with van der Waals surface area (Å²) in [6, 6.07) is 6.02. The minimum absolute atomic E-state index is 0.0134. The lowest BCUT2D eigenvalue weighted by molar-refractivity contribution is -0.122. The molecule has 150 valence electrons. The SMILES string of the molecule is COc1cc(-n2cnnn2)ccc1NC(=O)C1CCCN(C2CCOCC2)C1. The molecule has 28 heavy (non-hydrogen) atoms. The number of carbonyl (C=O) groups excluding carboxylic acids is 1. The Hall–Kier alpha value is -2.52. The van der Waals surface area contributed by atoms with E-state index in [4.69, 9.17) is 9.47 Å². The number of nitrogens with one attached hydrogen (secondary N) is 1. The number of amides is 1. The van der Waals surface area contributed by atoms with Crippen molar-refractivity contribution in [3.63, 3.8) is 0 Å². The largest absolute Gasteiger partial charge is 0.494 e. The van der Waals surface area contributed by atoms with Gasteiger partial charge in [-0.25, -0.2) is 4.68 Å². The summed E-state index contributed by atoms with van der Waals surface area (Å²) in [4.78, 5) is 15.4. The molecule has 1 aromatic carbocycles. The molecule has 2 aromatic rings. The lowest BCUT2D eigenvalue weighted by Crippen LogP contribution is -2.47. The lowest BCUT2D eigenvalue weighted by atomic mass is 9.94. The van der Waals surface area contributed by atoms with E-state index in [2.05, 4.69) is 25.7 Å². The number of benzene rings is 1. The molecule has 2 aliphatic heterocycles. The monoisotopic (exact) mass is 386 g/mol. The second kappa shape index (κ2) is 8.66. The van der Waals surface area contributed by atoms with E-state index in [0.29, 0.717) is 17.5 Å². The van der Waals surface area contributed by atoms with E-state index in [1.54, 1.807) is 17.9 Å². The van der Waals surface area contributed by atoms with Crippen LogP contribution in [0.15, 0.2) is 24.5 Å². The average molecular weight is 386 g/mol. The molecule has 2 saturated heterocycles. The molecular formula is C19H26N6O3. The first-order valence-corrected chi connectivity index (χ1v) is 9.78. The highest BCUT2D eigenvalue weighted by molar-refractivity contribution is 5.94. The van der Waals surface area contributed by atoms with Crippen molar-refractivity contribution in [2.75, 3.05) is 38.7 Å². The van der Waals surface area contributed by atoms with Gasteiger partial charge < -0.3 is 14.8 Å². The van der Waals surface area contributed by atoms with Crippen molar-refractivity contribution >= 4 is 11.6 Å². The van der Waals surface area contributed by atoms with Gasteiger partial charge in [-0.3, -0.25) is 9.69 Å². The Bertz CT molecular complexity index is 791. The second-order valence-electron chi connectivity index (χ2n) is 7.31. The molecule has 0 aliphatic carbocycles. The Kier molecular flexibility index (Phi) is 5.82. The summed E-state index contributed by atoms with van der Waals surface area (Å²) < 4.78 is 12.5. The van der Waals surface area contributed by atoms with E-state index < -0.39 is 0 Å². The van der Waals surface area contributed by atoms with E-state index in [1.807, 2.05) is 12.1 Å². The third-order valence-corrected chi connectivity index (χ3v) is 5.59. The number of tetrazole rings is 1. The van der Waals surface area contributed by atoms with Crippen molar-refractivity contribution in [1.82, 2.24) is 25.1 Å². The maximum Gasteiger partial charge on any atom is 0.228 e. The Morgan fingerprint density at radius 1 is 1.29 bits per heavy atom. The average Bonchev–Trinajstić information content (AvgIpc) is 3.29. The van der Waals surface area contributed by atoms with Crippen molar-refractivity contribution in [1.29, 1.82) is 0 Å². The molecule has 1 atom stereocenters. The number of hydrogen-bond acceptors (Lipinski definition) is 7. The van der Waals surface area contributed by atoms with E-state index in [-0.39, 0.29) is 11.8 Å². The molecule has 2 aliphatic rings. The quantitative estimate of drug-likeness (QED) is 0.832. The van der Waals surface area contributed by atoms with Crippen LogP contribution >= 0.6 is 0 Å². The van der Waals surface area contributed by atoms with Gasteiger partial charge in [0.25, 0.3) is 0 Å². The Labute approximate surface area is 164 Å². The van der Waals surface area contributed by atoms with Crippen LogP contribution in [-0.4, -0.2) is 70.5 Å². The van der Waals surface area contributed by atoms with Crippen LogP contribution in [0.1, 0.15) is 25.7 Å². The summed E-state index contributed by atoms with van der Waals surface area (Å²) in [5, 5.41) is 14.2. The number of nitrogens with zero attached hydrogens (tertiary/aromatic N) is 5. The van der Waals surface area contributed by atoms with E-state index >= 15 is 0 Å². The lowest BCUT2D eigenvalue weighted by Gasteiger charge is -2.39. The maximum absolute atomic E-state index is 12.9. The zero-order valence-electron chi connectivity index (χ0n) is 16.1. The topological polar surface area (TPSA) is 94.4 Å². The Morgan fingerprint density at radius 2 is 2.14 bits per heavy atom. The fourth-order valence-electron chi connectivity index (χ4n) is 4.04. The van der Waals surface area contributed by atoms with Crippen LogP contribution in [0.3, 0.4) is 0 Å². The first kappa shape index (κ1) is 18.8. The van der Waals surface area contributed by atoms with Gasteiger partial charge in [0.05, 0.1) is 24.4 Å². The van der Waals surface area contributed by atoms with Gasteiger partial charge in [-0.05, 0) is 54.8 Å². The van der Waals surface area contributed by atoms with Crippen LogP contribution in [-0.2, 0) is 9.53 Å². The molecular weight excluding hydrogens is 360 g/mol. The van der Waals surface area contributed by atoms with Gasteiger partial charge >= 0.3 is 0 Å². The number of ether oxygens (including phenoxy) is 2. The summed E-state index contributed by atoms with van der Waals surface area (Å²) in [6.45, 7) is 3.52. The normalized spacial score (nSPS) is 21.4. The van der Waals surface area contributed by atoms with E-state index in [1.165, 1.54) is 6.33 Å². The zero-order valence-corrected chi connectivity index (χ0v) is 16.1. The third-order valence-electron chi connectivity index (χ3n) is 5.59. The fraction of sp³-hybridized carbons (Fsp3) is 0.579. The number of anilines is 1. The fourth-order valence-corrected chi connectivity index (χ4v) is 4.04. The van der Waals surface area contributed by atoms with Gasteiger partial charge in [0.2, 0.25) is 5.91 Å². The number of rotatable bonds is 5. The highest BCUT2D eigenvalue weighted by Crippen LogP contribution is 2.29. The first-order valence-electron chi connectivity index (χ1n) is 9.78. The van der Waals surface area contributed by atoms with Gasteiger partial charge in [0.15, 0.2) is 0 Å². The minimum atomic E-state index is -0.0134. The molecule has 0 bridgehead atoms. The first-order chi connectivity index (χ1) is 13.7. The van der Waals surface area contributed by atoms with E-state index in [0.717, 1.165) is 57.7 Å². The van der Waals surface area contributed by atoms with Crippen molar-refractivity contribution < 1.29 is 14.3 Å². The number of likely N-dealkylation sites (tertiary alicyclic amines) is 1. The summed E-state index contributed by atoms with van der Waals surface area (Å²) in [7, 11) is 1.59. The number of hydrogen-bond donors (Lipinski definition) is 1. The van der Waals surface area contributed by atoms with Crippen molar-refractivity contribution in [2.24, 2.45) is 5.92 Å². The molecule has 1 aromatic heterocycles. The van der Waals surface area contributed by atoms with Gasteiger partial charge in [-0.15, -0.1) is 5.10 Å². The Balaban J connectivity index is 1.42. The van der Waals surface area contributed by atoms with Crippen molar-refractivity contribution in [3.8, 4) is 11.4 Å². The number of methoxy groups -OCH3 is 1. The molecule has 0 radical (unpaired) electrons. The number of piperidine rings is 1. The van der Waals surface area contributed by atoms with Crippen LogP contribution in [0.25, 0.3) is 5.69 Å². The molecule has 3 heterocycles. The van der Waals surface area contributed by atoms with Crippen molar-refractivity contribution in [2.45, 2.75) is 31.7 Å². The van der Waals surface area contributed by atoms with Crippen LogP contribution in [0, 0.1) is 5.92 Å². The van der Waals surface area contributed by atoms with Crippen LogP contribution < -0.4 is 10.1 Å². The molecule has 0 spiro atoms. The highest BCUT2D eigenvalue weighted by Gasteiger charge is 2.31. The Morgan fingerprint density at radius 3 is 2.89 bits per heavy atom. The molecule has 0 saturated carbocycles. The predicted octanol–water partition coefficient (Wildman–Crippen LogP) is 1.50. The van der Waals surface area contributed by atoms with Gasteiger partial charge in [-0.1, -0.05) is 0 Å². The standard InChI is InChI=1S/C19H26N6O3/c1-27-18-11-16(25-13-20-22-23-25)4-5-17(18)21-19(26)14-3-2-8-24(12-14)15-6-9-28-10-7-15/h4-5,11,13-15H,2-3,6-10,12H2,1H3,(H,21,26). The van der Waals surface area contributed by atoms with Crippen LogP contribution in [0.2, 0.25) is 0 Å². The molecule has 1 unspecified atom stereocenters. The summed E-state index contributed by atoms with van der Waals surface area (Å²) in [5.74, 6) is 0.615. The maximum atomic E-state index is 12.9. The molecule has 1 amide bonds. The zero-order chi connectivity index (χ0) is 19.3. The third kappa shape index (κ3) is 4.15. The summed E-state index contributed by atoms with van der Waals surface area (Å²) in [6.07, 6.45) is 5.59. The molecule has 9 heteroatoms. The van der Waals surface area contributed by atoms with Gasteiger partial charge in [0.1, 0.15) is 12.1 Å². The van der Waals surface area contributed by atoms with Crippen LogP contribution in [0.5, 0.6) is 5.75 Å². The smallest absolute Gasteiger partial charge is 0.228 e. The van der Waals surface area contributed by atoms with E-state index in [9.17, 15) is 4.79 Å². The predicted molar refractivity (Wildman–Crippen MR) is 102 cm³/mol. The molecule has 9 nitrogen and oxygen atoms in total. The second-order valence-corrected chi connectivity index (χ2v) is 7.31. The van der Waals surface area contributed by atoms with Gasteiger partial charge in [-0.2, -0.15) is 0 Å². The number of carbonyl (C=O) groups is 1. The highest BCUT2D eigenvalue weighted by atomic mass is 16.5. The van der Waals surface area contributed by atoms with Crippen molar-refractivity contribution in [3.05, 3.63) is 24.5 Å². The van der Waals surface area contributed by atoms with Crippen LogP contribution in [0.4, 0.5) is 5.69 Å². The summed E-state index contributed by atoms with van der Waals surface area (Å²) >= 11 is 0. The minimum Gasteiger partial charge on any atom is -0.494 e. The molecule has 1 N–H and O–H groups in total. The number of aromatic nitrogens is 4. The molecule has 4 rings (SSSR count). The summed E-state index contributed by atoms with van der Waals surface area (Å²) in [5.41, 5.74) is 1.43.